The zero-order valence-electron chi connectivity index (χ0n) is 12.5. The summed E-state index contributed by atoms with van der Waals surface area (Å²) in [5, 5.41) is 20.7. The molecule has 2 atom stereocenters. The normalized spacial score (nSPS) is 12.9. The quantitative estimate of drug-likeness (QED) is 0.869. The van der Waals surface area contributed by atoms with Crippen LogP contribution in [0.4, 0.5) is 0 Å². The molecule has 0 aromatic heterocycles. The Kier molecular flexibility index (Phi) is 6.23. The van der Waals surface area contributed by atoms with Crippen molar-refractivity contribution in [3.05, 3.63) is 29.8 Å². The molecule has 0 aliphatic heterocycles. The minimum Gasteiger partial charge on any atom is -0.480 e. The monoisotopic (exact) mass is 285 g/mol. The number of para-hydroxylation sites is 1. The Morgan fingerprint density at radius 3 is 2.52 bits per heavy atom. The molecule has 0 radical (unpaired) electrons. The van der Waals surface area contributed by atoms with Crippen molar-refractivity contribution in [2.45, 2.75) is 39.3 Å². The van der Waals surface area contributed by atoms with Crippen LogP contribution in [0.25, 0.3) is 0 Å². The van der Waals surface area contributed by atoms with Gasteiger partial charge in [-0.1, -0.05) is 26.0 Å². The highest BCUT2D eigenvalue weighted by Crippen LogP contribution is 2.18. The van der Waals surface area contributed by atoms with Crippen molar-refractivity contribution in [3.8, 4) is 17.9 Å². The Balaban J connectivity index is 2.67. The SMILES string of the molecule is CC(C)C[C@H](C#N)NC(=O)[C@H](C)Oc1ccccc1C#N. The fourth-order valence-electron chi connectivity index (χ4n) is 1.81. The Bertz CT molecular complexity index is 570. The topological polar surface area (TPSA) is 85.9 Å². The maximum absolute atomic E-state index is 12.0. The van der Waals surface area contributed by atoms with Crippen molar-refractivity contribution in [3.63, 3.8) is 0 Å². The van der Waals surface area contributed by atoms with E-state index in [2.05, 4.69) is 11.4 Å². The van der Waals surface area contributed by atoms with E-state index in [4.69, 9.17) is 15.3 Å². The minimum atomic E-state index is -0.775. The van der Waals surface area contributed by atoms with Gasteiger partial charge in [0.15, 0.2) is 6.10 Å². The van der Waals surface area contributed by atoms with Crippen molar-refractivity contribution in [1.29, 1.82) is 10.5 Å². The second-order valence-electron chi connectivity index (χ2n) is 5.19. The third-order valence-corrected chi connectivity index (χ3v) is 2.86. The van der Waals surface area contributed by atoms with E-state index in [1.54, 1.807) is 31.2 Å². The van der Waals surface area contributed by atoms with Crippen molar-refractivity contribution in [2.75, 3.05) is 0 Å². The summed E-state index contributed by atoms with van der Waals surface area (Å²) in [5.41, 5.74) is 0.371. The molecule has 0 aliphatic carbocycles. The second-order valence-corrected chi connectivity index (χ2v) is 5.19. The van der Waals surface area contributed by atoms with E-state index >= 15 is 0 Å². The van der Waals surface area contributed by atoms with E-state index in [-0.39, 0.29) is 5.91 Å². The lowest BCUT2D eigenvalue weighted by molar-refractivity contribution is -0.127. The second kappa shape index (κ2) is 7.91. The zero-order valence-corrected chi connectivity index (χ0v) is 12.5. The van der Waals surface area contributed by atoms with Gasteiger partial charge in [0.25, 0.3) is 5.91 Å². The van der Waals surface area contributed by atoms with Gasteiger partial charge in [0.1, 0.15) is 17.9 Å². The Morgan fingerprint density at radius 2 is 1.95 bits per heavy atom. The van der Waals surface area contributed by atoms with Crippen molar-refractivity contribution < 1.29 is 9.53 Å². The van der Waals surface area contributed by atoms with Crippen LogP contribution < -0.4 is 10.1 Å². The molecule has 0 fully saturated rings. The molecule has 1 amide bonds. The van der Waals surface area contributed by atoms with Crippen LogP contribution in [0.3, 0.4) is 0 Å². The molecule has 1 N–H and O–H groups in total. The summed E-state index contributed by atoms with van der Waals surface area (Å²) in [4.78, 5) is 12.0. The van der Waals surface area contributed by atoms with Gasteiger partial charge in [0, 0.05) is 0 Å². The van der Waals surface area contributed by atoms with E-state index in [1.807, 2.05) is 19.9 Å². The standard InChI is InChI=1S/C16H19N3O2/c1-11(2)8-14(10-18)19-16(20)12(3)21-15-7-5-4-6-13(15)9-17/h4-7,11-12,14H,8H2,1-3H3,(H,19,20)/t12-,14+/m0/s1. The highest BCUT2D eigenvalue weighted by Gasteiger charge is 2.20. The fraction of sp³-hybridized carbons (Fsp3) is 0.438. The summed E-state index contributed by atoms with van der Waals surface area (Å²) in [6, 6.07) is 10.3. The maximum atomic E-state index is 12.0. The number of nitrogens with zero attached hydrogens (tertiary/aromatic N) is 2. The molecule has 0 spiro atoms. The van der Waals surface area contributed by atoms with Crippen LogP contribution in [-0.2, 0) is 4.79 Å². The molecular weight excluding hydrogens is 266 g/mol. The van der Waals surface area contributed by atoms with Crippen LogP contribution in [0.1, 0.15) is 32.8 Å². The number of benzene rings is 1. The Hall–Kier alpha value is -2.53. The highest BCUT2D eigenvalue weighted by atomic mass is 16.5. The van der Waals surface area contributed by atoms with E-state index in [0.717, 1.165) is 0 Å². The minimum absolute atomic E-state index is 0.311. The van der Waals surface area contributed by atoms with Crippen LogP contribution in [0, 0.1) is 28.6 Å². The van der Waals surface area contributed by atoms with Gasteiger partial charge < -0.3 is 10.1 Å². The first-order valence-electron chi connectivity index (χ1n) is 6.83. The molecule has 0 saturated heterocycles. The summed E-state index contributed by atoms with van der Waals surface area (Å²) >= 11 is 0. The third kappa shape index (κ3) is 5.16. The molecule has 5 nitrogen and oxygen atoms in total. The van der Waals surface area contributed by atoms with Gasteiger partial charge >= 0.3 is 0 Å². The zero-order chi connectivity index (χ0) is 15.8. The molecule has 0 saturated carbocycles. The molecule has 0 unspecified atom stereocenters. The first-order valence-corrected chi connectivity index (χ1v) is 6.83. The van der Waals surface area contributed by atoms with Gasteiger partial charge in [0.2, 0.25) is 0 Å². The van der Waals surface area contributed by atoms with Gasteiger partial charge in [-0.15, -0.1) is 0 Å². The maximum Gasteiger partial charge on any atom is 0.261 e. The molecule has 21 heavy (non-hydrogen) atoms. The van der Waals surface area contributed by atoms with Gasteiger partial charge in [0.05, 0.1) is 11.6 Å². The van der Waals surface area contributed by atoms with Crippen LogP contribution in [0.5, 0.6) is 5.75 Å². The molecule has 0 heterocycles. The van der Waals surface area contributed by atoms with E-state index in [1.165, 1.54) is 0 Å². The van der Waals surface area contributed by atoms with Crippen LogP contribution >= 0.6 is 0 Å². The number of carbonyl (C=O) groups excluding carboxylic acids is 1. The molecule has 5 heteroatoms. The molecule has 0 aliphatic rings. The lowest BCUT2D eigenvalue weighted by atomic mass is 10.0. The number of amides is 1. The fourth-order valence-corrected chi connectivity index (χ4v) is 1.81. The van der Waals surface area contributed by atoms with Crippen molar-refractivity contribution in [2.24, 2.45) is 5.92 Å². The summed E-state index contributed by atoms with van der Waals surface area (Å²) in [6.45, 7) is 5.56. The lowest BCUT2D eigenvalue weighted by Crippen LogP contribution is -2.42. The van der Waals surface area contributed by atoms with Gasteiger partial charge in [-0.05, 0) is 31.4 Å². The summed E-state index contributed by atoms with van der Waals surface area (Å²) in [7, 11) is 0. The van der Waals surface area contributed by atoms with Crippen molar-refractivity contribution >= 4 is 5.91 Å². The molecular formula is C16H19N3O2. The predicted octanol–water partition coefficient (Wildman–Crippen LogP) is 2.38. The number of ether oxygens (including phenoxy) is 1. The lowest BCUT2D eigenvalue weighted by Gasteiger charge is -2.18. The third-order valence-electron chi connectivity index (χ3n) is 2.86. The number of rotatable bonds is 6. The number of hydrogen-bond acceptors (Lipinski definition) is 4. The van der Waals surface area contributed by atoms with Crippen LogP contribution in [0.15, 0.2) is 24.3 Å². The molecule has 1 rings (SSSR count). The average molecular weight is 285 g/mol. The van der Waals surface area contributed by atoms with E-state index in [0.29, 0.717) is 23.7 Å². The Morgan fingerprint density at radius 1 is 1.29 bits per heavy atom. The number of hydrogen-bond donors (Lipinski definition) is 1. The van der Waals surface area contributed by atoms with Gasteiger partial charge in [-0.25, -0.2) is 0 Å². The number of nitriles is 2. The van der Waals surface area contributed by atoms with Crippen LogP contribution in [-0.4, -0.2) is 18.1 Å². The van der Waals surface area contributed by atoms with Gasteiger partial charge in [-0.2, -0.15) is 10.5 Å². The first-order chi connectivity index (χ1) is 9.97. The molecule has 110 valence electrons. The molecule has 0 bridgehead atoms. The smallest absolute Gasteiger partial charge is 0.261 e. The first kappa shape index (κ1) is 16.5. The highest BCUT2D eigenvalue weighted by molar-refractivity contribution is 5.81. The average Bonchev–Trinajstić information content (AvgIpc) is 2.46. The molecule has 1 aromatic carbocycles. The summed E-state index contributed by atoms with van der Waals surface area (Å²) < 4.78 is 5.50. The summed E-state index contributed by atoms with van der Waals surface area (Å²) in [6.07, 6.45) is -0.188. The largest absolute Gasteiger partial charge is 0.480 e. The van der Waals surface area contributed by atoms with Crippen LogP contribution in [0.2, 0.25) is 0 Å². The Labute approximate surface area is 125 Å². The van der Waals surface area contributed by atoms with Gasteiger partial charge in [-0.3, -0.25) is 4.79 Å². The summed E-state index contributed by atoms with van der Waals surface area (Å²) in [5.74, 6) is 0.306. The van der Waals surface area contributed by atoms with E-state index in [9.17, 15) is 4.79 Å². The van der Waals surface area contributed by atoms with Crippen molar-refractivity contribution in [1.82, 2.24) is 5.32 Å². The molecule has 1 aromatic rings. The predicted molar refractivity (Wildman–Crippen MR) is 78.2 cm³/mol. The number of nitrogens with one attached hydrogen (secondary N) is 1. The van der Waals surface area contributed by atoms with E-state index < -0.39 is 12.1 Å². The number of carbonyl (C=O) groups is 1.